The molecule has 47 heavy (non-hydrogen) atoms. The zero-order chi connectivity index (χ0) is 33.9. The number of unbranched alkanes of at least 4 members (excludes halogenated alkanes) is 13. The minimum Gasteiger partial charge on any atom is -0.493 e. The van der Waals surface area contributed by atoms with Crippen molar-refractivity contribution >= 4 is 17.5 Å². The molecule has 0 N–H and O–H groups in total. The number of ether oxygens (including phenoxy) is 1. The van der Waals surface area contributed by atoms with Crippen LogP contribution in [-0.2, 0) is 25.0 Å². The van der Waals surface area contributed by atoms with Crippen molar-refractivity contribution in [2.45, 2.75) is 150 Å². The van der Waals surface area contributed by atoms with Crippen LogP contribution in [-0.4, -0.2) is 17.4 Å². The fraction of sp³-hybridized carbons (Fsp3) is 0.571. The van der Waals surface area contributed by atoms with E-state index in [0.29, 0.717) is 23.7 Å². The molecule has 5 heteroatoms. The second-order valence-electron chi connectivity index (χ2n) is 14.2. The first-order chi connectivity index (χ1) is 22.7. The van der Waals surface area contributed by atoms with E-state index in [1.165, 1.54) is 89.0 Å². The lowest BCUT2D eigenvalue weighted by molar-refractivity contribution is -0.694. The van der Waals surface area contributed by atoms with Crippen molar-refractivity contribution in [1.82, 2.24) is 4.90 Å². The summed E-state index contributed by atoms with van der Waals surface area (Å²) in [5, 5.41) is 0.474. The molecular weight excluding hydrogens is 600 g/mol. The molecule has 1 amide bonds. The predicted molar refractivity (Wildman–Crippen MR) is 198 cm³/mol. The number of pyridine rings is 1. The molecule has 1 aromatic heterocycles. The molecule has 2 aromatic carbocycles. The first kappa shape index (κ1) is 38.6. The lowest BCUT2D eigenvalue weighted by atomic mass is 9.85. The number of hydrogen-bond acceptors (Lipinski definition) is 2. The highest BCUT2D eigenvalue weighted by atomic mass is 35.5. The predicted octanol–water partition coefficient (Wildman–Crippen LogP) is 11.6. The summed E-state index contributed by atoms with van der Waals surface area (Å²) in [5.74, 6) is 0.880. The average molecular weight is 662 g/mol. The Bertz CT molecular complexity index is 1330. The smallest absolute Gasteiger partial charge is 0.255 e. The van der Waals surface area contributed by atoms with Crippen LogP contribution in [0.25, 0.3) is 0 Å². The number of rotatable bonds is 22. The fourth-order valence-corrected chi connectivity index (χ4v) is 6.39. The normalized spacial score (nSPS) is 11.5. The molecule has 0 fully saturated rings. The Kier molecular flexibility index (Phi) is 17.4. The zero-order valence-corrected chi connectivity index (χ0v) is 30.9. The van der Waals surface area contributed by atoms with Gasteiger partial charge in [-0.15, -0.1) is 0 Å². The van der Waals surface area contributed by atoms with Gasteiger partial charge in [0.1, 0.15) is 12.3 Å². The maximum Gasteiger partial charge on any atom is 0.255 e. The van der Waals surface area contributed by atoms with Crippen LogP contribution in [0.15, 0.2) is 67.0 Å². The fourth-order valence-electron chi connectivity index (χ4n) is 6.18. The van der Waals surface area contributed by atoms with Gasteiger partial charge in [0.2, 0.25) is 0 Å². The molecule has 0 saturated carbocycles. The van der Waals surface area contributed by atoms with Crippen molar-refractivity contribution in [3.8, 4) is 5.75 Å². The van der Waals surface area contributed by atoms with Crippen molar-refractivity contribution in [3.63, 3.8) is 0 Å². The molecule has 0 spiro atoms. The molecule has 0 aliphatic rings. The zero-order valence-electron chi connectivity index (χ0n) is 30.2. The number of amides is 1. The van der Waals surface area contributed by atoms with E-state index in [1.54, 1.807) is 6.07 Å². The van der Waals surface area contributed by atoms with E-state index in [0.717, 1.165) is 36.4 Å². The van der Waals surface area contributed by atoms with Crippen LogP contribution >= 0.6 is 11.6 Å². The third-order valence-electron chi connectivity index (χ3n) is 9.03. The summed E-state index contributed by atoms with van der Waals surface area (Å²) in [5.41, 5.74) is 3.77. The lowest BCUT2D eigenvalue weighted by Crippen LogP contribution is -2.34. The Balaban J connectivity index is 1.54. The molecule has 1 heterocycles. The van der Waals surface area contributed by atoms with E-state index in [2.05, 4.69) is 75.8 Å². The number of benzene rings is 2. The Hall–Kier alpha value is -2.85. The van der Waals surface area contributed by atoms with E-state index in [-0.39, 0.29) is 11.3 Å². The maximum absolute atomic E-state index is 13.9. The van der Waals surface area contributed by atoms with Crippen LogP contribution < -0.4 is 9.30 Å². The van der Waals surface area contributed by atoms with Gasteiger partial charge in [0.15, 0.2) is 12.4 Å². The highest BCUT2D eigenvalue weighted by molar-refractivity contribution is 6.33. The minimum atomic E-state index is -0.0927. The molecule has 3 aromatic rings. The van der Waals surface area contributed by atoms with Gasteiger partial charge in [-0.05, 0) is 60.2 Å². The molecule has 0 aliphatic carbocycles. The number of halogens is 1. The second-order valence-corrected chi connectivity index (χ2v) is 14.6. The first-order valence-corrected chi connectivity index (χ1v) is 18.9. The van der Waals surface area contributed by atoms with E-state index < -0.39 is 0 Å². The van der Waals surface area contributed by atoms with E-state index in [4.69, 9.17) is 16.3 Å². The molecule has 0 bridgehead atoms. The molecule has 0 saturated heterocycles. The molecular formula is C42H62ClN2O2+. The second kappa shape index (κ2) is 21.2. The number of aromatic nitrogens is 1. The lowest BCUT2D eigenvalue weighted by Gasteiger charge is -2.27. The highest BCUT2D eigenvalue weighted by Gasteiger charge is 2.23. The van der Waals surface area contributed by atoms with E-state index in [1.807, 2.05) is 29.2 Å². The first-order valence-electron chi connectivity index (χ1n) is 18.5. The van der Waals surface area contributed by atoms with E-state index >= 15 is 0 Å². The third kappa shape index (κ3) is 14.0. The summed E-state index contributed by atoms with van der Waals surface area (Å²) in [6.07, 6.45) is 23.1. The maximum atomic E-state index is 13.9. The quantitative estimate of drug-likeness (QED) is 0.0793. The van der Waals surface area contributed by atoms with Crippen molar-refractivity contribution in [1.29, 1.82) is 0 Å². The summed E-state index contributed by atoms with van der Waals surface area (Å²) >= 11 is 6.49. The van der Waals surface area contributed by atoms with Gasteiger partial charge >= 0.3 is 0 Å². The van der Waals surface area contributed by atoms with Gasteiger partial charge in [-0.2, -0.15) is 0 Å². The Morgan fingerprint density at radius 2 is 1.34 bits per heavy atom. The van der Waals surface area contributed by atoms with Crippen molar-refractivity contribution < 1.29 is 14.1 Å². The Morgan fingerprint density at radius 1 is 0.745 bits per heavy atom. The van der Waals surface area contributed by atoms with Gasteiger partial charge in [0, 0.05) is 18.2 Å². The van der Waals surface area contributed by atoms with Crippen LogP contribution in [0.3, 0.4) is 0 Å². The van der Waals surface area contributed by atoms with Crippen molar-refractivity contribution in [2.75, 3.05) is 6.61 Å². The number of carbonyl (C=O) groups excluding carboxylic acids is 1. The van der Waals surface area contributed by atoms with Gasteiger partial charge in [0.05, 0.1) is 23.7 Å². The molecule has 0 unspecified atom stereocenters. The van der Waals surface area contributed by atoms with Crippen LogP contribution in [0, 0.1) is 0 Å². The highest BCUT2D eigenvalue weighted by Crippen LogP contribution is 2.33. The van der Waals surface area contributed by atoms with Crippen molar-refractivity contribution in [3.05, 3.63) is 94.3 Å². The molecule has 0 atom stereocenters. The van der Waals surface area contributed by atoms with Crippen LogP contribution in [0.5, 0.6) is 5.75 Å². The van der Waals surface area contributed by atoms with E-state index in [9.17, 15) is 4.79 Å². The van der Waals surface area contributed by atoms with Crippen molar-refractivity contribution in [2.24, 2.45) is 0 Å². The summed E-state index contributed by atoms with van der Waals surface area (Å²) in [6.45, 7) is 13.7. The van der Waals surface area contributed by atoms with Crippen LogP contribution in [0.1, 0.15) is 152 Å². The van der Waals surface area contributed by atoms with Gasteiger partial charge in [-0.3, -0.25) is 4.79 Å². The van der Waals surface area contributed by atoms with Gasteiger partial charge < -0.3 is 9.64 Å². The number of aryl methyl sites for hydroxylation is 1. The monoisotopic (exact) mass is 661 g/mol. The third-order valence-corrected chi connectivity index (χ3v) is 9.36. The largest absolute Gasteiger partial charge is 0.493 e. The standard InChI is InChI=1S/C42H62ClN2O2/c1-6-8-9-10-11-12-13-14-15-16-17-18-19-22-30-47-40-28-27-35(31-38(40)42(3,4)5)33-45(34-36-24-23-29-44(7-2)32-36)41(46)37-25-20-21-26-39(37)43/h20-21,23-29,31-32H,6-19,22,30,33-34H2,1-5H3/q+1. The topological polar surface area (TPSA) is 33.4 Å². The summed E-state index contributed by atoms with van der Waals surface area (Å²) in [6, 6.07) is 17.9. The SMILES string of the molecule is CCCCCCCCCCCCCCCCOc1ccc(CN(Cc2ccc[n+](CC)c2)C(=O)c2ccccc2Cl)cc1C(C)(C)C. The molecule has 3 rings (SSSR count). The molecule has 258 valence electrons. The number of nitrogens with zero attached hydrogens (tertiary/aromatic N) is 2. The van der Waals surface area contributed by atoms with Crippen LogP contribution in [0.4, 0.5) is 0 Å². The average Bonchev–Trinajstić information content (AvgIpc) is 3.06. The molecule has 4 nitrogen and oxygen atoms in total. The number of carbonyl (C=O) groups is 1. The van der Waals surface area contributed by atoms with Crippen LogP contribution in [0.2, 0.25) is 5.02 Å². The number of hydrogen-bond donors (Lipinski definition) is 0. The minimum absolute atomic E-state index is 0.0714. The van der Waals surface area contributed by atoms with Gasteiger partial charge in [-0.25, -0.2) is 4.57 Å². The Labute approximate surface area is 291 Å². The Morgan fingerprint density at radius 3 is 1.94 bits per heavy atom. The molecule has 0 aliphatic heterocycles. The molecule has 0 radical (unpaired) electrons. The summed E-state index contributed by atoms with van der Waals surface area (Å²) in [4.78, 5) is 15.8. The van der Waals surface area contributed by atoms with Gasteiger partial charge in [-0.1, -0.05) is 141 Å². The summed E-state index contributed by atoms with van der Waals surface area (Å²) in [7, 11) is 0. The summed E-state index contributed by atoms with van der Waals surface area (Å²) < 4.78 is 8.52. The van der Waals surface area contributed by atoms with Gasteiger partial charge in [0.25, 0.3) is 5.91 Å².